The first-order chi connectivity index (χ1) is 13.7. The first kappa shape index (κ1) is 18.7. The van der Waals surface area contributed by atoms with Crippen LogP contribution in [0.2, 0.25) is 0 Å². The highest BCUT2D eigenvalue weighted by Crippen LogP contribution is 2.34. The minimum atomic E-state index is -1.25. The van der Waals surface area contributed by atoms with Crippen LogP contribution in [0.5, 0.6) is 0 Å². The molecule has 1 aliphatic heterocycles. The third kappa shape index (κ3) is 2.75. The third-order valence-electron chi connectivity index (χ3n) is 5.55. The van der Waals surface area contributed by atoms with E-state index in [1.807, 2.05) is 42.5 Å². The molecule has 1 fully saturated rings. The summed E-state index contributed by atoms with van der Waals surface area (Å²) in [6.07, 6.45) is 0. The van der Waals surface area contributed by atoms with Gasteiger partial charge in [0.1, 0.15) is 5.54 Å². The molecule has 8 nitrogen and oxygen atoms in total. The summed E-state index contributed by atoms with van der Waals surface area (Å²) >= 11 is 0. The lowest BCUT2D eigenvalue weighted by Crippen LogP contribution is -2.42. The Labute approximate surface area is 166 Å². The molecule has 4 rings (SSSR count). The number of rotatable bonds is 3. The van der Waals surface area contributed by atoms with Crippen LogP contribution < -0.4 is 16.6 Å². The van der Waals surface area contributed by atoms with E-state index in [4.69, 9.17) is 0 Å². The van der Waals surface area contributed by atoms with Crippen molar-refractivity contribution in [3.63, 3.8) is 0 Å². The van der Waals surface area contributed by atoms with Crippen molar-refractivity contribution in [1.29, 1.82) is 0 Å². The van der Waals surface area contributed by atoms with E-state index >= 15 is 0 Å². The van der Waals surface area contributed by atoms with Gasteiger partial charge in [-0.15, -0.1) is 0 Å². The van der Waals surface area contributed by atoms with Crippen LogP contribution in [-0.2, 0) is 31.0 Å². The van der Waals surface area contributed by atoms with Crippen molar-refractivity contribution < 1.29 is 9.59 Å². The standard InChI is InChI=1S/C21H20N4O4/c1-21(16-10-6-8-13-7-4-5-9-15(13)16)18(27)25(19(28)22-21)12-14-11-17(26)24(3)20(29)23(14)2/h4-11H,12H2,1-3H3,(H,22,28). The molecule has 1 aliphatic rings. The van der Waals surface area contributed by atoms with E-state index in [1.165, 1.54) is 24.7 Å². The summed E-state index contributed by atoms with van der Waals surface area (Å²) in [6, 6.07) is 13.9. The topological polar surface area (TPSA) is 93.4 Å². The van der Waals surface area contributed by atoms with Crippen LogP contribution in [0.3, 0.4) is 0 Å². The molecule has 8 heteroatoms. The summed E-state index contributed by atoms with van der Waals surface area (Å²) in [6.45, 7) is 1.49. The summed E-state index contributed by atoms with van der Waals surface area (Å²) < 4.78 is 2.23. The van der Waals surface area contributed by atoms with E-state index in [0.29, 0.717) is 5.56 Å². The van der Waals surface area contributed by atoms with Gasteiger partial charge >= 0.3 is 11.7 Å². The number of imide groups is 1. The second-order valence-corrected chi connectivity index (χ2v) is 7.35. The Hall–Kier alpha value is -3.68. The van der Waals surface area contributed by atoms with Gasteiger partial charge in [0, 0.05) is 25.9 Å². The number of carbonyl (C=O) groups excluding carboxylic acids is 2. The van der Waals surface area contributed by atoms with E-state index in [2.05, 4.69) is 5.32 Å². The molecule has 0 bridgehead atoms. The van der Waals surface area contributed by atoms with Crippen molar-refractivity contribution in [3.8, 4) is 0 Å². The number of aromatic nitrogens is 2. The highest BCUT2D eigenvalue weighted by molar-refractivity contribution is 6.09. The maximum Gasteiger partial charge on any atom is 0.330 e. The Morgan fingerprint density at radius 2 is 1.62 bits per heavy atom. The fraction of sp³-hybridized carbons (Fsp3) is 0.238. The Balaban J connectivity index is 1.77. The molecule has 2 aromatic carbocycles. The van der Waals surface area contributed by atoms with Gasteiger partial charge < -0.3 is 5.32 Å². The Morgan fingerprint density at radius 1 is 0.931 bits per heavy atom. The molecular weight excluding hydrogens is 372 g/mol. The third-order valence-corrected chi connectivity index (χ3v) is 5.55. The molecule has 148 valence electrons. The minimum Gasteiger partial charge on any atom is -0.319 e. The average molecular weight is 392 g/mol. The highest BCUT2D eigenvalue weighted by atomic mass is 16.2. The molecule has 1 saturated heterocycles. The SMILES string of the molecule is Cn1c(CN2C(=O)NC(C)(c3cccc4ccccc34)C2=O)cc(=O)n(C)c1=O. The zero-order valence-corrected chi connectivity index (χ0v) is 16.3. The molecular formula is C21H20N4O4. The molecule has 2 heterocycles. The maximum absolute atomic E-state index is 13.3. The summed E-state index contributed by atoms with van der Waals surface area (Å²) in [5.74, 6) is -0.438. The summed E-state index contributed by atoms with van der Waals surface area (Å²) in [7, 11) is 2.87. The van der Waals surface area contributed by atoms with E-state index < -0.39 is 28.7 Å². The molecule has 1 N–H and O–H groups in total. The number of nitrogens with one attached hydrogen (secondary N) is 1. The van der Waals surface area contributed by atoms with Gasteiger partial charge in [0.25, 0.3) is 11.5 Å². The monoisotopic (exact) mass is 392 g/mol. The predicted molar refractivity (Wildman–Crippen MR) is 107 cm³/mol. The highest BCUT2D eigenvalue weighted by Gasteiger charge is 2.49. The molecule has 1 atom stereocenters. The van der Waals surface area contributed by atoms with Gasteiger partial charge in [-0.1, -0.05) is 42.5 Å². The van der Waals surface area contributed by atoms with Crippen LogP contribution in [-0.4, -0.2) is 26.0 Å². The van der Waals surface area contributed by atoms with Crippen molar-refractivity contribution >= 4 is 22.7 Å². The number of benzene rings is 2. The van der Waals surface area contributed by atoms with Crippen LogP contribution in [0, 0.1) is 0 Å². The van der Waals surface area contributed by atoms with Gasteiger partial charge in [0.2, 0.25) is 0 Å². The van der Waals surface area contributed by atoms with Gasteiger partial charge in [0.15, 0.2) is 0 Å². The smallest absolute Gasteiger partial charge is 0.319 e. The molecule has 1 unspecified atom stereocenters. The minimum absolute atomic E-state index is 0.174. The molecule has 0 spiro atoms. The largest absolute Gasteiger partial charge is 0.330 e. The number of carbonyl (C=O) groups is 2. The lowest BCUT2D eigenvalue weighted by molar-refractivity contribution is -0.131. The summed E-state index contributed by atoms with van der Waals surface area (Å²) in [4.78, 5) is 51.2. The van der Waals surface area contributed by atoms with Gasteiger partial charge in [-0.25, -0.2) is 9.59 Å². The van der Waals surface area contributed by atoms with Gasteiger partial charge in [0.05, 0.1) is 6.54 Å². The molecule has 0 saturated carbocycles. The second-order valence-electron chi connectivity index (χ2n) is 7.35. The molecule has 3 aromatic rings. The van der Waals surface area contributed by atoms with Gasteiger partial charge in [-0.2, -0.15) is 0 Å². The van der Waals surface area contributed by atoms with E-state index in [9.17, 15) is 19.2 Å². The number of amides is 3. The van der Waals surface area contributed by atoms with Crippen molar-refractivity contribution in [1.82, 2.24) is 19.4 Å². The molecule has 1 aromatic heterocycles. The van der Waals surface area contributed by atoms with Crippen LogP contribution in [0.4, 0.5) is 4.79 Å². The zero-order valence-electron chi connectivity index (χ0n) is 16.3. The van der Waals surface area contributed by atoms with Crippen LogP contribution in [0.25, 0.3) is 10.8 Å². The van der Waals surface area contributed by atoms with Crippen molar-refractivity contribution in [2.24, 2.45) is 14.1 Å². The quantitative estimate of drug-likeness (QED) is 0.678. The Kier molecular flexibility index (Phi) is 4.15. The number of hydrogen-bond acceptors (Lipinski definition) is 4. The molecule has 0 radical (unpaired) electrons. The fourth-order valence-electron chi connectivity index (χ4n) is 3.78. The van der Waals surface area contributed by atoms with Crippen molar-refractivity contribution in [3.05, 3.63) is 80.6 Å². The van der Waals surface area contributed by atoms with E-state index in [1.54, 1.807) is 6.92 Å². The summed E-state index contributed by atoms with van der Waals surface area (Å²) in [5, 5.41) is 4.61. The Morgan fingerprint density at radius 3 is 2.38 bits per heavy atom. The van der Waals surface area contributed by atoms with Crippen LogP contribution in [0.1, 0.15) is 18.2 Å². The molecule has 3 amide bonds. The molecule has 0 aliphatic carbocycles. The second kappa shape index (κ2) is 6.44. The normalized spacial score (nSPS) is 19.1. The van der Waals surface area contributed by atoms with E-state index in [-0.39, 0.29) is 12.2 Å². The number of fused-ring (bicyclic) bond motifs is 1. The fourth-order valence-corrected chi connectivity index (χ4v) is 3.78. The lowest BCUT2D eigenvalue weighted by Gasteiger charge is -2.24. The van der Waals surface area contributed by atoms with Crippen LogP contribution in [0.15, 0.2) is 58.1 Å². The number of nitrogens with zero attached hydrogens (tertiary/aromatic N) is 3. The Bertz CT molecular complexity index is 1280. The van der Waals surface area contributed by atoms with E-state index in [0.717, 1.165) is 20.2 Å². The first-order valence-corrected chi connectivity index (χ1v) is 9.12. The molecule has 29 heavy (non-hydrogen) atoms. The summed E-state index contributed by atoms with van der Waals surface area (Å²) in [5.41, 5.74) is -1.29. The average Bonchev–Trinajstić information content (AvgIpc) is 2.93. The maximum atomic E-state index is 13.3. The van der Waals surface area contributed by atoms with Crippen molar-refractivity contribution in [2.45, 2.75) is 19.0 Å². The first-order valence-electron chi connectivity index (χ1n) is 9.12. The van der Waals surface area contributed by atoms with Crippen molar-refractivity contribution in [2.75, 3.05) is 0 Å². The zero-order chi connectivity index (χ0) is 20.9. The number of urea groups is 1. The predicted octanol–water partition coefficient (Wildman–Crippen LogP) is 1.20. The lowest BCUT2D eigenvalue weighted by atomic mass is 9.88. The van der Waals surface area contributed by atoms with Crippen LogP contribution >= 0.6 is 0 Å². The van der Waals surface area contributed by atoms with Gasteiger partial charge in [-0.3, -0.25) is 23.6 Å². The van der Waals surface area contributed by atoms with Gasteiger partial charge in [-0.05, 0) is 23.3 Å². The number of hydrogen-bond donors (Lipinski definition) is 1.